The number of hydrogen-bond donors (Lipinski definition) is 2. The van der Waals surface area contributed by atoms with Crippen LogP contribution in [0, 0.1) is 5.92 Å². The Morgan fingerprint density at radius 3 is 2.70 bits per heavy atom. The number of rotatable bonds is 5. The molecule has 0 heterocycles. The third-order valence-electron chi connectivity index (χ3n) is 3.54. The molecule has 1 aromatic rings. The van der Waals surface area contributed by atoms with Crippen molar-refractivity contribution in [2.75, 3.05) is 0 Å². The molecule has 1 aliphatic rings. The van der Waals surface area contributed by atoms with Gasteiger partial charge in [0.2, 0.25) is 0 Å². The Labute approximate surface area is 117 Å². The van der Waals surface area contributed by atoms with Crippen molar-refractivity contribution in [2.45, 2.75) is 38.3 Å². The van der Waals surface area contributed by atoms with Crippen molar-refractivity contribution in [3.8, 4) is 0 Å². The summed E-state index contributed by atoms with van der Waals surface area (Å²) in [6, 6.07) is 9.51. The van der Waals surface area contributed by atoms with Gasteiger partial charge in [-0.3, -0.25) is 4.79 Å². The highest BCUT2D eigenvalue weighted by molar-refractivity contribution is 5.68. The highest BCUT2D eigenvalue weighted by Crippen LogP contribution is 2.28. The lowest BCUT2D eigenvalue weighted by Crippen LogP contribution is -2.33. The number of carboxylic acid groups (broad SMARTS) is 1. The van der Waals surface area contributed by atoms with E-state index in [-0.39, 0.29) is 25.0 Å². The summed E-state index contributed by atoms with van der Waals surface area (Å²) in [6.07, 6.45) is 2.12. The van der Waals surface area contributed by atoms with Crippen molar-refractivity contribution in [2.24, 2.45) is 5.92 Å². The maximum absolute atomic E-state index is 11.7. The standard InChI is InChI=1S/C15H19NO4/c17-14(18)9-12-6-7-13(8-12)16-15(19)20-10-11-4-2-1-3-5-11/h1-5,12-13H,6-10H2,(H,16,19)(H,17,18)/t12-,13-/m1/s1. The Balaban J connectivity index is 1.69. The van der Waals surface area contributed by atoms with Crippen molar-refractivity contribution in [3.63, 3.8) is 0 Å². The summed E-state index contributed by atoms with van der Waals surface area (Å²) in [5.74, 6) is -0.616. The molecular formula is C15H19NO4. The topological polar surface area (TPSA) is 75.6 Å². The smallest absolute Gasteiger partial charge is 0.407 e. The van der Waals surface area contributed by atoms with Crippen LogP contribution in [0.3, 0.4) is 0 Å². The van der Waals surface area contributed by atoms with Gasteiger partial charge in [0, 0.05) is 12.5 Å². The number of carbonyl (C=O) groups is 2. The molecular weight excluding hydrogens is 258 g/mol. The zero-order valence-corrected chi connectivity index (χ0v) is 11.2. The van der Waals surface area contributed by atoms with E-state index < -0.39 is 12.1 Å². The second-order valence-electron chi connectivity index (χ2n) is 5.18. The predicted octanol–water partition coefficient (Wildman–Crippen LogP) is 2.56. The molecule has 2 atom stereocenters. The Hall–Kier alpha value is -2.04. The molecule has 0 spiro atoms. The molecule has 1 aromatic carbocycles. The summed E-state index contributed by atoms with van der Waals surface area (Å²) in [7, 11) is 0. The molecule has 0 aromatic heterocycles. The number of alkyl carbamates (subject to hydrolysis) is 1. The van der Waals surface area contributed by atoms with Gasteiger partial charge in [-0.15, -0.1) is 0 Å². The largest absolute Gasteiger partial charge is 0.481 e. The summed E-state index contributed by atoms with van der Waals surface area (Å²) >= 11 is 0. The molecule has 1 fully saturated rings. The maximum atomic E-state index is 11.7. The normalized spacial score (nSPS) is 21.4. The Kier molecular flexibility index (Phi) is 4.98. The average molecular weight is 277 g/mol. The minimum absolute atomic E-state index is 0.0302. The maximum Gasteiger partial charge on any atom is 0.407 e. The molecule has 5 nitrogen and oxygen atoms in total. The first kappa shape index (κ1) is 14.4. The molecule has 0 radical (unpaired) electrons. The van der Waals surface area contributed by atoms with Gasteiger partial charge in [0.25, 0.3) is 0 Å². The molecule has 5 heteroatoms. The fraction of sp³-hybridized carbons (Fsp3) is 0.467. The van der Waals surface area contributed by atoms with E-state index in [4.69, 9.17) is 9.84 Å². The number of hydrogen-bond acceptors (Lipinski definition) is 3. The monoisotopic (exact) mass is 277 g/mol. The average Bonchev–Trinajstić information content (AvgIpc) is 2.84. The molecule has 2 N–H and O–H groups in total. The number of carboxylic acids is 1. The van der Waals surface area contributed by atoms with Gasteiger partial charge in [-0.2, -0.15) is 0 Å². The van der Waals surface area contributed by atoms with E-state index >= 15 is 0 Å². The number of carbonyl (C=O) groups excluding carboxylic acids is 1. The van der Waals surface area contributed by atoms with Crippen LogP contribution in [0.1, 0.15) is 31.2 Å². The van der Waals surface area contributed by atoms with Crippen LogP contribution in [-0.4, -0.2) is 23.2 Å². The van der Waals surface area contributed by atoms with Gasteiger partial charge in [-0.05, 0) is 30.7 Å². The second-order valence-corrected chi connectivity index (χ2v) is 5.18. The third kappa shape index (κ3) is 4.57. The predicted molar refractivity (Wildman–Crippen MR) is 73.1 cm³/mol. The molecule has 0 bridgehead atoms. The highest BCUT2D eigenvalue weighted by Gasteiger charge is 2.27. The zero-order valence-electron chi connectivity index (χ0n) is 11.2. The summed E-state index contributed by atoms with van der Waals surface area (Å²) in [5.41, 5.74) is 0.942. The lowest BCUT2D eigenvalue weighted by atomic mass is 10.0. The molecule has 0 saturated heterocycles. The van der Waals surface area contributed by atoms with Crippen LogP contribution in [0.25, 0.3) is 0 Å². The first-order valence-corrected chi connectivity index (χ1v) is 6.82. The van der Waals surface area contributed by atoms with Gasteiger partial charge in [-0.25, -0.2) is 4.79 Å². The van der Waals surface area contributed by atoms with Crippen LogP contribution in [0.2, 0.25) is 0 Å². The van der Waals surface area contributed by atoms with E-state index in [2.05, 4.69) is 5.32 Å². The summed E-state index contributed by atoms with van der Waals surface area (Å²) in [4.78, 5) is 22.3. The van der Waals surface area contributed by atoms with Crippen LogP contribution in [0.15, 0.2) is 30.3 Å². The zero-order chi connectivity index (χ0) is 14.4. The molecule has 0 aliphatic heterocycles. The summed E-state index contributed by atoms with van der Waals surface area (Å²) in [5, 5.41) is 11.5. The molecule has 1 aliphatic carbocycles. The van der Waals surface area contributed by atoms with E-state index in [1.807, 2.05) is 30.3 Å². The Morgan fingerprint density at radius 1 is 1.25 bits per heavy atom. The van der Waals surface area contributed by atoms with Crippen molar-refractivity contribution in [3.05, 3.63) is 35.9 Å². The van der Waals surface area contributed by atoms with Crippen LogP contribution in [0.5, 0.6) is 0 Å². The molecule has 2 rings (SSSR count). The van der Waals surface area contributed by atoms with Gasteiger partial charge in [0.1, 0.15) is 6.61 Å². The Bertz CT molecular complexity index is 460. The van der Waals surface area contributed by atoms with Gasteiger partial charge in [0.15, 0.2) is 0 Å². The number of ether oxygens (including phenoxy) is 1. The van der Waals surface area contributed by atoms with Crippen LogP contribution in [-0.2, 0) is 16.1 Å². The number of benzene rings is 1. The summed E-state index contributed by atoms with van der Waals surface area (Å²) < 4.78 is 5.14. The molecule has 0 unspecified atom stereocenters. The number of nitrogens with one attached hydrogen (secondary N) is 1. The van der Waals surface area contributed by atoms with E-state index in [0.717, 1.165) is 18.4 Å². The van der Waals surface area contributed by atoms with Crippen LogP contribution >= 0.6 is 0 Å². The molecule has 1 amide bonds. The van der Waals surface area contributed by atoms with Crippen LogP contribution in [0.4, 0.5) is 4.79 Å². The third-order valence-corrected chi connectivity index (χ3v) is 3.54. The lowest BCUT2D eigenvalue weighted by molar-refractivity contribution is -0.138. The van der Waals surface area contributed by atoms with Gasteiger partial charge >= 0.3 is 12.1 Å². The van der Waals surface area contributed by atoms with Gasteiger partial charge < -0.3 is 15.2 Å². The van der Waals surface area contributed by atoms with Gasteiger partial charge in [0.05, 0.1) is 0 Å². The minimum atomic E-state index is -0.776. The fourth-order valence-corrected chi connectivity index (χ4v) is 2.57. The van der Waals surface area contributed by atoms with Crippen molar-refractivity contribution >= 4 is 12.1 Å². The van der Waals surface area contributed by atoms with Crippen molar-refractivity contribution < 1.29 is 19.4 Å². The van der Waals surface area contributed by atoms with E-state index in [0.29, 0.717) is 6.42 Å². The number of aliphatic carboxylic acids is 1. The van der Waals surface area contributed by atoms with E-state index in [9.17, 15) is 9.59 Å². The minimum Gasteiger partial charge on any atom is -0.481 e. The summed E-state index contributed by atoms with van der Waals surface area (Å²) in [6.45, 7) is 0.248. The number of amides is 1. The van der Waals surface area contributed by atoms with Crippen molar-refractivity contribution in [1.82, 2.24) is 5.32 Å². The fourth-order valence-electron chi connectivity index (χ4n) is 2.57. The second kappa shape index (κ2) is 6.93. The highest BCUT2D eigenvalue weighted by atomic mass is 16.5. The Morgan fingerprint density at radius 2 is 2.00 bits per heavy atom. The first-order chi connectivity index (χ1) is 9.63. The van der Waals surface area contributed by atoms with Crippen molar-refractivity contribution in [1.29, 1.82) is 0 Å². The quantitative estimate of drug-likeness (QED) is 0.867. The molecule has 108 valence electrons. The SMILES string of the molecule is O=C(O)C[C@@H]1CC[C@@H](NC(=O)OCc2ccccc2)C1. The van der Waals surface area contributed by atoms with E-state index in [1.54, 1.807) is 0 Å². The molecule has 1 saturated carbocycles. The molecule has 20 heavy (non-hydrogen) atoms. The first-order valence-electron chi connectivity index (χ1n) is 6.82. The van der Waals surface area contributed by atoms with Crippen LogP contribution < -0.4 is 5.32 Å². The van der Waals surface area contributed by atoms with E-state index in [1.165, 1.54) is 0 Å². The van der Waals surface area contributed by atoms with Gasteiger partial charge in [-0.1, -0.05) is 30.3 Å². The lowest BCUT2D eigenvalue weighted by Gasteiger charge is -2.13.